The summed E-state index contributed by atoms with van der Waals surface area (Å²) >= 11 is 0. The molecular weight excluding hydrogens is 307 g/mol. The zero-order valence-corrected chi connectivity index (χ0v) is 14.9. The maximum absolute atomic E-state index is 14.5. The lowest BCUT2D eigenvalue weighted by Gasteiger charge is -2.29. The summed E-state index contributed by atoms with van der Waals surface area (Å²) in [6.07, 6.45) is 2.71. The molecule has 5 nitrogen and oxygen atoms in total. The van der Waals surface area contributed by atoms with Crippen molar-refractivity contribution in [2.45, 2.75) is 53.0 Å². The fourth-order valence-corrected chi connectivity index (χ4v) is 3.50. The molecule has 130 valence electrons. The van der Waals surface area contributed by atoms with Gasteiger partial charge in [0.05, 0.1) is 29.4 Å². The zero-order valence-electron chi connectivity index (χ0n) is 14.9. The van der Waals surface area contributed by atoms with Crippen LogP contribution in [0.3, 0.4) is 0 Å². The van der Waals surface area contributed by atoms with E-state index in [9.17, 15) is 4.39 Å². The average Bonchev–Trinajstić information content (AvgIpc) is 2.89. The Morgan fingerprint density at radius 2 is 1.96 bits per heavy atom. The number of anilines is 1. The van der Waals surface area contributed by atoms with Crippen LogP contribution in [0.4, 0.5) is 10.2 Å². The fraction of sp³-hybridized carbons (Fsp3) is 0.611. The van der Waals surface area contributed by atoms with Crippen LogP contribution in [-0.2, 0) is 11.2 Å². The van der Waals surface area contributed by atoms with E-state index in [1.165, 1.54) is 0 Å². The Labute approximate surface area is 142 Å². The van der Waals surface area contributed by atoms with Crippen molar-refractivity contribution in [3.8, 4) is 0 Å². The lowest BCUT2D eigenvalue weighted by atomic mass is 10.1. The van der Waals surface area contributed by atoms with Crippen molar-refractivity contribution in [3.63, 3.8) is 0 Å². The van der Waals surface area contributed by atoms with E-state index < -0.39 is 0 Å². The van der Waals surface area contributed by atoms with Crippen molar-refractivity contribution in [1.82, 2.24) is 15.0 Å². The molecule has 0 bridgehead atoms. The third-order valence-corrected chi connectivity index (χ3v) is 4.54. The van der Waals surface area contributed by atoms with Crippen molar-refractivity contribution in [3.05, 3.63) is 23.0 Å². The maximum Gasteiger partial charge on any atom is 0.170 e. The van der Waals surface area contributed by atoms with Crippen molar-refractivity contribution in [2.75, 3.05) is 24.7 Å². The van der Waals surface area contributed by atoms with Gasteiger partial charge in [0, 0.05) is 13.2 Å². The summed E-state index contributed by atoms with van der Waals surface area (Å²) in [6, 6.07) is 0.276. The third kappa shape index (κ3) is 2.83. The molecule has 1 unspecified atom stereocenters. The van der Waals surface area contributed by atoms with Gasteiger partial charge in [-0.05, 0) is 33.1 Å². The first-order valence-electron chi connectivity index (χ1n) is 8.83. The molecule has 0 spiro atoms. The summed E-state index contributed by atoms with van der Waals surface area (Å²) in [7, 11) is 0. The maximum atomic E-state index is 14.5. The lowest BCUT2D eigenvalue weighted by Crippen LogP contribution is -2.37. The molecule has 0 aromatic carbocycles. The minimum Gasteiger partial charge on any atom is -0.379 e. The predicted octanol–water partition coefficient (Wildman–Crippen LogP) is 3.35. The number of nitrogens with zero attached hydrogens (tertiary/aromatic N) is 4. The van der Waals surface area contributed by atoms with Gasteiger partial charge < -0.3 is 9.64 Å². The number of fused-ring (bicyclic) bond motifs is 2. The Bertz CT molecular complexity index is 750. The highest BCUT2D eigenvalue weighted by Gasteiger charge is 2.30. The first-order chi connectivity index (χ1) is 11.6. The van der Waals surface area contributed by atoms with Crippen molar-refractivity contribution < 1.29 is 9.13 Å². The van der Waals surface area contributed by atoms with Crippen LogP contribution in [0.1, 0.15) is 43.9 Å². The predicted molar refractivity (Wildman–Crippen MR) is 93.0 cm³/mol. The molecule has 0 saturated carbocycles. The van der Waals surface area contributed by atoms with Crippen molar-refractivity contribution in [1.29, 1.82) is 0 Å². The molecule has 1 atom stereocenters. The quantitative estimate of drug-likeness (QED) is 0.740. The second kappa shape index (κ2) is 6.97. The Morgan fingerprint density at radius 3 is 2.75 bits per heavy atom. The SMILES string of the molecule is CC.Cc1nc2c3c(nc(C)c(F)c3n1)CCC1COCCCN21. The monoisotopic (exact) mass is 332 g/mol. The minimum atomic E-state index is -0.324. The largest absolute Gasteiger partial charge is 0.379 e. The topological polar surface area (TPSA) is 51.1 Å². The number of aryl methyl sites for hydroxylation is 3. The van der Waals surface area contributed by atoms with Gasteiger partial charge in [0.25, 0.3) is 0 Å². The Morgan fingerprint density at radius 1 is 1.17 bits per heavy atom. The van der Waals surface area contributed by atoms with E-state index in [2.05, 4.69) is 19.9 Å². The highest BCUT2D eigenvalue weighted by atomic mass is 19.1. The molecule has 4 heterocycles. The molecule has 0 aliphatic carbocycles. The van der Waals surface area contributed by atoms with E-state index >= 15 is 0 Å². The van der Waals surface area contributed by atoms with Gasteiger partial charge in [-0.15, -0.1) is 0 Å². The number of hydrogen-bond donors (Lipinski definition) is 0. The summed E-state index contributed by atoms with van der Waals surface area (Å²) < 4.78 is 20.3. The van der Waals surface area contributed by atoms with Crippen molar-refractivity contribution >= 4 is 16.7 Å². The molecule has 0 radical (unpaired) electrons. The number of ether oxygens (including phenoxy) is 1. The van der Waals surface area contributed by atoms with E-state index in [4.69, 9.17) is 4.74 Å². The smallest absolute Gasteiger partial charge is 0.170 e. The molecule has 2 aromatic heterocycles. The van der Waals surface area contributed by atoms with Crippen LogP contribution < -0.4 is 4.90 Å². The summed E-state index contributed by atoms with van der Waals surface area (Å²) in [4.78, 5) is 15.8. The summed E-state index contributed by atoms with van der Waals surface area (Å²) in [6.45, 7) is 9.87. The van der Waals surface area contributed by atoms with Crippen LogP contribution in [0.5, 0.6) is 0 Å². The van der Waals surface area contributed by atoms with Crippen LogP contribution >= 0.6 is 0 Å². The van der Waals surface area contributed by atoms with Crippen molar-refractivity contribution in [2.24, 2.45) is 0 Å². The Hall–Kier alpha value is -1.82. The third-order valence-electron chi connectivity index (χ3n) is 4.54. The molecule has 1 saturated heterocycles. The number of pyridine rings is 1. The highest BCUT2D eigenvalue weighted by molar-refractivity contribution is 5.93. The second-order valence-corrected chi connectivity index (χ2v) is 6.09. The summed E-state index contributed by atoms with van der Waals surface area (Å²) in [5.41, 5.74) is 1.74. The molecule has 2 aromatic rings. The Balaban J connectivity index is 0.000000815. The summed E-state index contributed by atoms with van der Waals surface area (Å²) in [5.74, 6) is 1.11. The van der Waals surface area contributed by atoms with E-state index in [0.29, 0.717) is 23.6 Å². The van der Waals surface area contributed by atoms with Gasteiger partial charge in [0.2, 0.25) is 0 Å². The standard InChI is InChI=1S/C16H19FN4O.C2H6/c1-9-14(17)15-13-12(18-9)5-4-11-8-22-7-3-6-21(11)16(13)20-10(2)19-15;1-2/h11H,3-8H2,1-2H3;1-2H3. The molecule has 6 heteroatoms. The van der Waals surface area contributed by atoms with E-state index in [1.54, 1.807) is 6.92 Å². The first kappa shape index (κ1) is 17.0. The zero-order chi connectivity index (χ0) is 17.3. The van der Waals surface area contributed by atoms with Gasteiger partial charge >= 0.3 is 0 Å². The molecule has 4 rings (SSSR count). The Kier molecular flexibility index (Phi) is 4.94. The molecule has 1 fully saturated rings. The van der Waals surface area contributed by atoms with Crippen LogP contribution in [0.2, 0.25) is 0 Å². The van der Waals surface area contributed by atoms with E-state index in [0.717, 1.165) is 49.3 Å². The number of aromatic nitrogens is 3. The number of rotatable bonds is 0. The molecule has 2 aliphatic heterocycles. The second-order valence-electron chi connectivity index (χ2n) is 6.09. The van der Waals surface area contributed by atoms with Crippen LogP contribution in [0, 0.1) is 19.7 Å². The molecule has 2 aliphatic rings. The van der Waals surface area contributed by atoms with Gasteiger partial charge in [-0.1, -0.05) is 13.8 Å². The molecule has 0 N–H and O–H groups in total. The minimum absolute atomic E-state index is 0.276. The number of hydrogen-bond acceptors (Lipinski definition) is 5. The molecular formula is C18H25FN4O. The summed E-state index contributed by atoms with van der Waals surface area (Å²) in [5, 5.41) is 0.790. The fourth-order valence-electron chi connectivity index (χ4n) is 3.50. The van der Waals surface area contributed by atoms with Crippen LogP contribution in [0.25, 0.3) is 10.9 Å². The van der Waals surface area contributed by atoms with E-state index in [-0.39, 0.29) is 11.9 Å². The van der Waals surface area contributed by atoms with Gasteiger partial charge in [-0.2, -0.15) is 0 Å². The molecule has 0 amide bonds. The van der Waals surface area contributed by atoms with Gasteiger partial charge in [0.15, 0.2) is 5.82 Å². The highest BCUT2D eigenvalue weighted by Crippen LogP contribution is 2.35. The van der Waals surface area contributed by atoms with Crippen LogP contribution in [-0.4, -0.2) is 40.8 Å². The number of halogens is 1. The molecule has 24 heavy (non-hydrogen) atoms. The van der Waals surface area contributed by atoms with Gasteiger partial charge in [-0.25, -0.2) is 14.4 Å². The van der Waals surface area contributed by atoms with Gasteiger partial charge in [-0.3, -0.25) is 4.98 Å². The lowest BCUT2D eigenvalue weighted by molar-refractivity contribution is 0.132. The average molecular weight is 332 g/mol. The van der Waals surface area contributed by atoms with Gasteiger partial charge in [0.1, 0.15) is 17.2 Å². The normalized spacial score (nSPS) is 19.9. The first-order valence-corrected chi connectivity index (χ1v) is 8.83. The van der Waals surface area contributed by atoms with Crippen LogP contribution in [0.15, 0.2) is 0 Å². The van der Waals surface area contributed by atoms with E-state index in [1.807, 2.05) is 20.8 Å².